The van der Waals surface area contributed by atoms with Crippen LogP contribution in [0.5, 0.6) is 0 Å². The first kappa shape index (κ1) is 14.4. The molecule has 1 unspecified atom stereocenters. The van der Waals surface area contributed by atoms with Crippen molar-refractivity contribution in [3.63, 3.8) is 0 Å². The summed E-state index contributed by atoms with van der Waals surface area (Å²) in [6, 6.07) is 5.79. The van der Waals surface area contributed by atoms with Crippen LogP contribution in [0.3, 0.4) is 0 Å². The van der Waals surface area contributed by atoms with Crippen LogP contribution in [0.4, 0.5) is 10.2 Å². The van der Waals surface area contributed by atoms with Gasteiger partial charge in [-0.3, -0.25) is 9.78 Å². The van der Waals surface area contributed by atoms with Crippen LogP contribution in [0.1, 0.15) is 19.3 Å². The summed E-state index contributed by atoms with van der Waals surface area (Å²) in [7, 11) is 0. The summed E-state index contributed by atoms with van der Waals surface area (Å²) in [5.41, 5.74) is 1.42. The second-order valence-corrected chi connectivity index (χ2v) is 5.28. The molecule has 2 N–H and O–H groups in total. The molecule has 0 saturated carbocycles. The van der Waals surface area contributed by atoms with Crippen molar-refractivity contribution in [1.29, 1.82) is 0 Å². The zero-order valence-corrected chi connectivity index (χ0v) is 12.1. The van der Waals surface area contributed by atoms with E-state index < -0.39 is 0 Å². The van der Waals surface area contributed by atoms with Crippen molar-refractivity contribution in [2.45, 2.75) is 25.3 Å². The van der Waals surface area contributed by atoms with Crippen LogP contribution in [0.25, 0.3) is 11.3 Å². The van der Waals surface area contributed by atoms with Gasteiger partial charge in [0, 0.05) is 12.1 Å². The van der Waals surface area contributed by atoms with Gasteiger partial charge in [0.1, 0.15) is 17.7 Å². The first-order chi connectivity index (χ1) is 10.7. The Morgan fingerprint density at radius 3 is 2.82 bits per heavy atom. The molecule has 1 amide bonds. The average molecular weight is 300 g/mol. The van der Waals surface area contributed by atoms with E-state index in [1.54, 1.807) is 24.5 Å². The summed E-state index contributed by atoms with van der Waals surface area (Å²) in [4.78, 5) is 20.6. The van der Waals surface area contributed by atoms with Gasteiger partial charge in [0.05, 0.1) is 18.1 Å². The molecule has 1 aromatic carbocycles. The van der Waals surface area contributed by atoms with Gasteiger partial charge in [-0.2, -0.15) is 0 Å². The lowest BCUT2D eigenvalue weighted by atomic mass is 10.1. The normalized spacial score (nSPS) is 18.4. The average Bonchev–Trinajstić information content (AvgIpc) is 2.73. The molecule has 1 aromatic heterocycles. The Hall–Kier alpha value is -2.50. The topological polar surface area (TPSA) is 66.9 Å². The van der Waals surface area contributed by atoms with E-state index in [0.717, 1.165) is 31.4 Å². The third-order valence-corrected chi connectivity index (χ3v) is 3.63. The molecular weight excluding hydrogens is 283 g/mol. The van der Waals surface area contributed by atoms with Gasteiger partial charge in [0.2, 0.25) is 5.91 Å². The number of amides is 1. The molecule has 1 saturated heterocycles. The molecule has 1 aliphatic rings. The molecule has 6 heteroatoms. The molecule has 2 heterocycles. The number of halogens is 1. The lowest BCUT2D eigenvalue weighted by molar-refractivity contribution is -0.121. The van der Waals surface area contributed by atoms with Gasteiger partial charge in [-0.1, -0.05) is 0 Å². The van der Waals surface area contributed by atoms with Crippen LogP contribution in [0.15, 0.2) is 36.7 Å². The summed E-state index contributed by atoms with van der Waals surface area (Å²) < 4.78 is 13.0. The minimum atomic E-state index is -0.291. The van der Waals surface area contributed by atoms with Crippen LogP contribution < -0.4 is 10.6 Å². The molecule has 1 atom stereocenters. The van der Waals surface area contributed by atoms with Gasteiger partial charge in [0.15, 0.2) is 0 Å². The fourth-order valence-corrected chi connectivity index (χ4v) is 2.45. The Labute approximate surface area is 128 Å². The number of aromatic nitrogens is 2. The third kappa shape index (κ3) is 3.39. The molecule has 0 spiro atoms. The van der Waals surface area contributed by atoms with Crippen LogP contribution >= 0.6 is 0 Å². The number of carbonyl (C=O) groups is 1. The number of hydrogen-bond donors (Lipinski definition) is 2. The van der Waals surface area contributed by atoms with E-state index in [1.165, 1.54) is 12.1 Å². The highest BCUT2D eigenvalue weighted by Gasteiger charge is 2.20. The highest BCUT2D eigenvalue weighted by molar-refractivity contribution is 5.84. The Kier molecular flexibility index (Phi) is 4.27. The summed E-state index contributed by atoms with van der Waals surface area (Å²) in [6.45, 7) is 0.721. The van der Waals surface area contributed by atoms with Crippen molar-refractivity contribution in [2.75, 3.05) is 11.9 Å². The van der Waals surface area contributed by atoms with E-state index in [1.807, 2.05) is 0 Å². The first-order valence-corrected chi connectivity index (χ1v) is 7.34. The van der Waals surface area contributed by atoms with Crippen LogP contribution in [-0.4, -0.2) is 28.5 Å². The highest BCUT2D eigenvalue weighted by atomic mass is 19.1. The largest absolute Gasteiger partial charge is 0.357 e. The molecule has 0 radical (unpaired) electrons. The Bertz CT molecular complexity index is 659. The minimum absolute atomic E-state index is 0.00788. The van der Waals surface area contributed by atoms with Crippen molar-refractivity contribution in [3.8, 4) is 11.3 Å². The van der Waals surface area contributed by atoms with E-state index in [2.05, 4.69) is 20.6 Å². The van der Waals surface area contributed by atoms with E-state index >= 15 is 0 Å². The predicted molar refractivity (Wildman–Crippen MR) is 81.7 cm³/mol. The lowest BCUT2D eigenvalue weighted by Crippen LogP contribution is -2.38. The van der Waals surface area contributed by atoms with Gasteiger partial charge in [-0.25, -0.2) is 9.37 Å². The van der Waals surface area contributed by atoms with Crippen molar-refractivity contribution < 1.29 is 9.18 Å². The monoisotopic (exact) mass is 300 g/mol. The number of nitrogens with one attached hydrogen (secondary N) is 2. The van der Waals surface area contributed by atoms with Gasteiger partial charge in [-0.15, -0.1) is 0 Å². The van der Waals surface area contributed by atoms with E-state index in [4.69, 9.17) is 0 Å². The van der Waals surface area contributed by atoms with Gasteiger partial charge in [0.25, 0.3) is 0 Å². The number of benzene rings is 1. The van der Waals surface area contributed by atoms with E-state index in [0.29, 0.717) is 11.5 Å². The Balaban J connectivity index is 1.78. The van der Waals surface area contributed by atoms with Crippen LogP contribution in [-0.2, 0) is 4.79 Å². The Morgan fingerprint density at radius 2 is 2.00 bits per heavy atom. The van der Waals surface area contributed by atoms with Crippen molar-refractivity contribution in [2.24, 2.45) is 0 Å². The first-order valence-electron chi connectivity index (χ1n) is 7.34. The molecule has 3 rings (SSSR count). The molecule has 0 bridgehead atoms. The summed E-state index contributed by atoms with van der Waals surface area (Å²) in [5, 5.41) is 6.01. The van der Waals surface area contributed by atoms with E-state index in [9.17, 15) is 9.18 Å². The van der Waals surface area contributed by atoms with E-state index in [-0.39, 0.29) is 17.8 Å². The second kappa shape index (κ2) is 6.51. The number of carbonyl (C=O) groups excluding carboxylic acids is 1. The molecule has 1 fully saturated rings. The molecule has 22 heavy (non-hydrogen) atoms. The fraction of sp³-hybridized carbons (Fsp3) is 0.312. The second-order valence-electron chi connectivity index (χ2n) is 5.28. The number of anilines is 1. The zero-order valence-electron chi connectivity index (χ0n) is 12.1. The minimum Gasteiger partial charge on any atom is -0.357 e. The molecular formula is C16H17FN4O. The number of hydrogen-bond acceptors (Lipinski definition) is 4. The summed E-state index contributed by atoms with van der Waals surface area (Å²) in [5.74, 6) is 0.247. The highest BCUT2D eigenvalue weighted by Crippen LogP contribution is 2.19. The molecule has 2 aromatic rings. The quantitative estimate of drug-likeness (QED) is 0.913. The van der Waals surface area contributed by atoms with Gasteiger partial charge in [-0.05, 0) is 43.5 Å². The molecule has 114 valence electrons. The van der Waals surface area contributed by atoms with Crippen LogP contribution in [0, 0.1) is 5.82 Å². The smallest absolute Gasteiger partial charge is 0.242 e. The number of nitrogens with zero attached hydrogens (tertiary/aromatic N) is 2. The van der Waals surface area contributed by atoms with Gasteiger partial charge >= 0.3 is 0 Å². The zero-order chi connectivity index (χ0) is 15.4. The number of rotatable bonds is 3. The lowest BCUT2D eigenvalue weighted by Gasteiger charge is -2.15. The fourth-order valence-electron chi connectivity index (χ4n) is 2.45. The van der Waals surface area contributed by atoms with Crippen molar-refractivity contribution in [3.05, 3.63) is 42.5 Å². The maximum absolute atomic E-state index is 13.0. The van der Waals surface area contributed by atoms with Crippen molar-refractivity contribution in [1.82, 2.24) is 15.3 Å². The third-order valence-electron chi connectivity index (χ3n) is 3.63. The van der Waals surface area contributed by atoms with Crippen molar-refractivity contribution >= 4 is 11.7 Å². The molecule has 0 aliphatic carbocycles. The summed E-state index contributed by atoms with van der Waals surface area (Å²) in [6.07, 6.45) is 5.96. The SMILES string of the molecule is O=C1NCCCCC1Nc1cncc(-c2ccc(F)cc2)n1. The van der Waals surface area contributed by atoms with Crippen LogP contribution in [0.2, 0.25) is 0 Å². The van der Waals surface area contributed by atoms with Gasteiger partial charge < -0.3 is 10.6 Å². The maximum atomic E-state index is 13.0. The summed E-state index contributed by atoms with van der Waals surface area (Å²) >= 11 is 0. The predicted octanol–water partition coefficient (Wildman–Crippen LogP) is 2.36. The Morgan fingerprint density at radius 1 is 1.18 bits per heavy atom. The molecule has 5 nitrogen and oxygen atoms in total. The maximum Gasteiger partial charge on any atom is 0.242 e. The standard InChI is InChI=1S/C16H17FN4O/c17-12-6-4-11(5-7-12)14-9-18-10-15(21-14)20-13-3-1-2-8-19-16(13)22/h4-7,9-10,13H,1-3,8H2,(H,19,22)(H,20,21). The molecule has 1 aliphatic heterocycles.